The van der Waals surface area contributed by atoms with Crippen LogP contribution < -0.4 is 10.2 Å². The summed E-state index contributed by atoms with van der Waals surface area (Å²) in [6.45, 7) is 3.17. The number of amides is 2. The number of anilines is 1. The van der Waals surface area contributed by atoms with Crippen LogP contribution in [0, 0.1) is 6.92 Å². The Labute approximate surface area is 198 Å². The smallest absolute Gasteiger partial charge is 0.252 e. The lowest BCUT2D eigenvalue weighted by Crippen LogP contribution is -2.24. The zero-order chi connectivity index (χ0) is 23.5. The van der Waals surface area contributed by atoms with Gasteiger partial charge in [-0.15, -0.1) is 0 Å². The summed E-state index contributed by atoms with van der Waals surface area (Å²) < 4.78 is 6.00. The molecule has 1 aromatic heterocycles. The molecule has 3 aromatic carbocycles. The van der Waals surface area contributed by atoms with Gasteiger partial charge in [0.05, 0.1) is 11.8 Å². The zero-order valence-corrected chi connectivity index (χ0v) is 19.0. The average molecular weight is 452 g/mol. The van der Waals surface area contributed by atoms with Crippen LogP contribution >= 0.6 is 0 Å². The fourth-order valence-electron chi connectivity index (χ4n) is 4.11. The van der Waals surface area contributed by atoms with E-state index < -0.39 is 0 Å². The van der Waals surface area contributed by atoms with Gasteiger partial charge in [0.25, 0.3) is 5.91 Å². The van der Waals surface area contributed by atoms with E-state index in [-0.39, 0.29) is 11.8 Å². The summed E-state index contributed by atoms with van der Waals surface area (Å²) in [4.78, 5) is 31.2. The monoisotopic (exact) mass is 451 g/mol. The van der Waals surface area contributed by atoms with Crippen LogP contribution in [-0.4, -0.2) is 23.3 Å². The quantitative estimate of drug-likeness (QED) is 0.427. The first-order valence-corrected chi connectivity index (χ1v) is 11.4. The summed E-state index contributed by atoms with van der Waals surface area (Å²) in [5.41, 5.74) is 5.10. The Kier molecular flexibility index (Phi) is 5.95. The summed E-state index contributed by atoms with van der Waals surface area (Å²) >= 11 is 0. The number of aromatic nitrogens is 1. The standard InChI is InChI=1S/C28H25N3O3/c1-19-8-12-21(13-9-19)25-18-30-28(34-25)24-6-3-2-5-23(24)27(33)29-17-20-10-14-22(15-11-20)31-16-4-7-26(31)32/h2-3,5-6,8-15,18H,4,7,16-17H2,1H3,(H,29,33). The Bertz CT molecular complexity index is 1320. The van der Waals surface area contributed by atoms with Crippen molar-refractivity contribution in [1.29, 1.82) is 0 Å². The number of benzene rings is 3. The second-order valence-electron chi connectivity index (χ2n) is 8.44. The Hall–Kier alpha value is -4.19. The number of carbonyl (C=O) groups is 2. The Morgan fingerprint density at radius 2 is 1.79 bits per heavy atom. The van der Waals surface area contributed by atoms with E-state index in [2.05, 4.69) is 10.3 Å². The van der Waals surface area contributed by atoms with Gasteiger partial charge in [-0.25, -0.2) is 4.98 Å². The molecule has 0 atom stereocenters. The van der Waals surface area contributed by atoms with E-state index in [1.54, 1.807) is 17.2 Å². The minimum atomic E-state index is -0.204. The highest BCUT2D eigenvalue weighted by atomic mass is 16.4. The average Bonchev–Trinajstić information content (AvgIpc) is 3.53. The minimum Gasteiger partial charge on any atom is -0.436 e. The minimum absolute atomic E-state index is 0.162. The molecule has 0 spiro atoms. The number of aryl methyl sites for hydroxylation is 1. The van der Waals surface area contributed by atoms with Crippen LogP contribution in [0.25, 0.3) is 22.8 Å². The van der Waals surface area contributed by atoms with Crippen molar-refractivity contribution in [1.82, 2.24) is 10.3 Å². The summed E-state index contributed by atoms with van der Waals surface area (Å²) in [6.07, 6.45) is 3.18. The molecule has 6 nitrogen and oxygen atoms in total. The predicted molar refractivity (Wildman–Crippen MR) is 131 cm³/mol. The summed E-state index contributed by atoms with van der Waals surface area (Å²) in [6, 6.07) is 23.0. The number of oxazole rings is 1. The fraction of sp³-hybridized carbons (Fsp3) is 0.179. The van der Waals surface area contributed by atoms with Crippen LogP contribution in [0.5, 0.6) is 0 Å². The van der Waals surface area contributed by atoms with Gasteiger partial charge in [0.15, 0.2) is 5.76 Å². The van der Waals surface area contributed by atoms with Gasteiger partial charge in [-0.3, -0.25) is 9.59 Å². The highest BCUT2D eigenvalue weighted by Crippen LogP contribution is 2.28. The number of rotatable bonds is 6. The molecule has 0 radical (unpaired) electrons. The molecule has 0 aliphatic carbocycles. The van der Waals surface area contributed by atoms with E-state index in [9.17, 15) is 9.59 Å². The van der Waals surface area contributed by atoms with E-state index in [0.29, 0.717) is 35.7 Å². The zero-order valence-electron chi connectivity index (χ0n) is 19.0. The molecule has 0 bridgehead atoms. The highest BCUT2D eigenvalue weighted by molar-refractivity contribution is 6.00. The van der Waals surface area contributed by atoms with Crippen molar-refractivity contribution in [3.63, 3.8) is 0 Å². The topological polar surface area (TPSA) is 75.4 Å². The predicted octanol–water partition coefficient (Wildman–Crippen LogP) is 5.37. The lowest BCUT2D eigenvalue weighted by molar-refractivity contribution is -0.117. The first-order valence-electron chi connectivity index (χ1n) is 11.4. The van der Waals surface area contributed by atoms with Crippen molar-refractivity contribution in [3.8, 4) is 22.8 Å². The van der Waals surface area contributed by atoms with Crippen molar-refractivity contribution in [2.24, 2.45) is 0 Å². The Morgan fingerprint density at radius 3 is 2.53 bits per heavy atom. The molecule has 2 amide bonds. The number of hydrogen-bond acceptors (Lipinski definition) is 4. The summed E-state index contributed by atoms with van der Waals surface area (Å²) in [5, 5.41) is 2.98. The number of carbonyl (C=O) groups excluding carboxylic acids is 2. The summed E-state index contributed by atoms with van der Waals surface area (Å²) in [5.74, 6) is 1.02. The van der Waals surface area contributed by atoms with Gasteiger partial charge in [0.2, 0.25) is 11.8 Å². The molecule has 5 rings (SSSR count). The molecule has 2 heterocycles. The van der Waals surface area contributed by atoms with Crippen LogP contribution in [0.3, 0.4) is 0 Å². The molecule has 6 heteroatoms. The van der Waals surface area contributed by atoms with Crippen molar-refractivity contribution in [2.75, 3.05) is 11.4 Å². The maximum absolute atomic E-state index is 13.0. The van der Waals surface area contributed by atoms with Crippen LogP contribution in [0.2, 0.25) is 0 Å². The molecule has 34 heavy (non-hydrogen) atoms. The molecule has 1 aliphatic heterocycles. The van der Waals surface area contributed by atoms with Gasteiger partial charge in [0.1, 0.15) is 0 Å². The van der Waals surface area contributed by atoms with Gasteiger partial charge < -0.3 is 14.6 Å². The molecular weight excluding hydrogens is 426 g/mol. The number of hydrogen-bond donors (Lipinski definition) is 1. The van der Waals surface area contributed by atoms with Gasteiger partial charge >= 0.3 is 0 Å². The van der Waals surface area contributed by atoms with Gasteiger partial charge in [-0.1, -0.05) is 54.1 Å². The maximum Gasteiger partial charge on any atom is 0.252 e. The summed E-state index contributed by atoms with van der Waals surface area (Å²) in [7, 11) is 0. The lowest BCUT2D eigenvalue weighted by Gasteiger charge is -2.16. The number of nitrogens with one attached hydrogen (secondary N) is 1. The van der Waals surface area contributed by atoms with Crippen LogP contribution in [0.1, 0.15) is 34.3 Å². The second-order valence-corrected chi connectivity index (χ2v) is 8.44. The molecule has 0 saturated carbocycles. The van der Waals surface area contributed by atoms with E-state index in [1.165, 1.54) is 5.56 Å². The Morgan fingerprint density at radius 1 is 1.03 bits per heavy atom. The third kappa shape index (κ3) is 4.48. The largest absolute Gasteiger partial charge is 0.436 e. The van der Waals surface area contributed by atoms with Crippen molar-refractivity contribution >= 4 is 17.5 Å². The number of nitrogens with zero attached hydrogens (tertiary/aromatic N) is 2. The molecule has 4 aromatic rings. The van der Waals surface area contributed by atoms with Crippen LogP contribution in [0.4, 0.5) is 5.69 Å². The third-order valence-corrected chi connectivity index (χ3v) is 6.02. The van der Waals surface area contributed by atoms with Crippen molar-refractivity contribution in [3.05, 3.63) is 95.7 Å². The molecule has 1 aliphatic rings. The normalized spacial score (nSPS) is 13.3. The van der Waals surface area contributed by atoms with Crippen LogP contribution in [0.15, 0.2) is 83.4 Å². The third-order valence-electron chi connectivity index (χ3n) is 6.02. The first-order chi connectivity index (χ1) is 16.6. The second kappa shape index (κ2) is 9.35. The SMILES string of the molecule is Cc1ccc(-c2cnc(-c3ccccc3C(=O)NCc3ccc(N4CCCC4=O)cc3)o2)cc1. The molecule has 170 valence electrons. The molecule has 1 N–H and O–H groups in total. The van der Waals surface area contributed by atoms with Crippen molar-refractivity contribution in [2.45, 2.75) is 26.3 Å². The molecule has 1 saturated heterocycles. The van der Waals surface area contributed by atoms with E-state index in [4.69, 9.17) is 4.42 Å². The maximum atomic E-state index is 13.0. The van der Waals surface area contributed by atoms with Gasteiger partial charge in [-0.05, 0) is 43.2 Å². The van der Waals surface area contributed by atoms with Gasteiger partial charge in [0, 0.05) is 36.3 Å². The van der Waals surface area contributed by atoms with E-state index in [0.717, 1.165) is 29.8 Å². The molecular formula is C28H25N3O3. The van der Waals surface area contributed by atoms with Crippen LogP contribution in [-0.2, 0) is 11.3 Å². The Balaban J connectivity index is 1.29. The lowest BCUT2D eigenvalue weighted by atomic mass is 10.1. The molecule has 0 unspecified atom stereocenters. The van der Waals surface area contributed by atoms with E-state index >= 15 is 0 Å². The molecule has 1 fully saturated rings. The highest BCUT2D eigenvalue weighted by Gasteiger charge is 2.21. The van der Waals surface area contributed by atoms with Crippen molar-refractivity contribution < 1.29 is 14.0 Å². The first kappa shape index (κ1) is 21.6. The van der Waals surface area contributed by atoms with E-state index in [1.807, 2.05) is 73.7 Å². The van der Waals surface area contributed by atoms with Gasteiger partial charge in [-0.2, -0.15) is 0 Å². The fourth-order valence-corrected chi connectivity index (χ4v) is 4.11.